The number of anilines is 1. The van der Waals surface area contributed by atoms with E-state index in [0.717, 1.165) is 101 Å². The van der Waals surface area contributed by atoms with Gasteiger partial charge in [0, 0.05) is 80.4 Å². The summed E-state index contributed by atoms with van der Waals surface area (Å²) in [6.07, 6.45) is 9.59. The van der Waals surface area contributed by atoms with Gasteiger partial charge in [-0.3, -0.25) is 4.68 Å². The van der Waals surface area contributed by atoms with Crippen LogP contribution in [0.4, 0.5) is 15.0 Å². The number of carbonyl (C=O) groups is 1. The molecule has 1 aliphatic carbocycles. The summed E-state index contributed by atoms with van der Waals surface area (Å²) >= 11 is 0. The monoisotopic (exact) mass is 927 g/mol. The van der Waals surface area contributed by atoms with E-state index in [-0.39, 0.29) is 54.9 Å². The number of amides is 1. The van der Waals surface area contributed by atoms with Crippen LogP contribution in [-0.4, -0.2) is 102 Å². The van der Waals surface area contributed by atoms with Crippen LogP contribution in [0.15, 0.2) is 42.6 Å². The molecule has 0 radical (unpaired) electrons. The molecule has 0 spiro atoms. The van der Waals surface area contributed by atoms with E-state index in [1.54, 1.807) is 6.07 Å². The summed E-state index contributed by atoms with van der Waals surface area (Å²) < 4.78 is 52.1. The zero-order valence-corrected chi connectivity index (χ0v) is 40.1. The number of nitrogens with zero attached hydrogens (tertiary/aromatic N) is 9. The Bertz CT molecular complexity index is 2860. The van der Waals surface area contributed by atoms with Crippen molar-refractivity contribution in [1.82, 2.24) is 39.4 Å². The molecule has 3 atom stereocenters. The number of rotatable bonds is 12. The minimum Gasteiger partial charge on any atom is -0.486 e. The number of aromatic nitrogens is 7. The van der Waals surface area contributed by atoms with Gasteiger partial charge < -0.3 is 33.5 Å². The molecule has 5 fully saturated rings. The number of halogens is 1. The van der Waals surface area contributed by atoms with Crippen molar-refractivity contribution in [2.24, 2.45) is 7.05 Å². The number of aryl methyl sites for hydroxylation is 2. The maximum atomic E-state index is 16.7. The minimum atomic E-state index is -0.600. The number of carbonyl (C=O) groups excluding carboxylic acids is 1. The first-order valence-corrected chi connectivity index (χ1v) is 24.7. The Labute approximate surface area is 396 Å². The average Bonchev–Trinajstić information content (AvgIpc) is 3.57. The maximum Gasteiger partial charge on any atom is 0.410 e. The van der Waals surface area contributed by atoms with Crippen molar-refractivity contribution in [3.8, 4) is 22.9 Å². The molecule has 68 heavy (non-hydrogen) atoms. The Morgan fingerprint density at radius 1 is 0.912 bits per heavy atom. The second-order valence-electron chi connectivity index (χ2n) is 20.3. The smallest absolute Gasteiger partial charge is 0.410 e. The summed E-state index contributed by atoms with van der Waals surface area (Å²) in [4.78, 5) is 32.9. The molecular weight excluding hydrogens is 866 g/mol. The molecular formula is C52H62FN9O6. The lowest BCUT2D eigenvalue weighted by Gasteiger charge is -2.36. The van der Waals surface area contributed by atoms with Gasteiger partial charge in [-0.1, -0.05) is 31.2 Å². The minimum absolute atomic E-state index is 0.00117. The van der Waals surface area contributed by atoms with Gasteiger partial charge in [-0.2, -0.15) is 20.2 Å². The fourth-order valence-corrected chi connectivity index (χ4v) is 10.7. The van der Waals surface area contributed by atoms with Crippen LogP contribution in [-0.2, 0) is 40.7 Å². The van der Waals surface area contributed by atoms with Crippen LogP contribution >= 0.6 is 0 Å². The van der Waals surface area contributed by atoms with Crippen LogP contribution in [0.1, 0.15) is 125 Å². The lowest BCUT2D eigenvalue weighted by atomic mass is 9.88. The van der Waals surface area contributed by atoms with Crippen molar-refractivity contribution in [3.63, 3.8) is 0 Å². The summed E-state index contributed by atoms with van der Waals surface area (Å²) in [7, 11) is 1.93. The molecule has 5 aliphatic rings. The lowest BCUT2D eigenvalue weighted by Crippen LogP contribution is -2.50. The molecule has 2 bridgehead atoms. The second kappa shape index (κ2) is 17.9. The van der Waals surface area contributed by atoms with Gasteiger partial charge in [0.1, 0.15) is 41.3 Å². The highest BCUT2D eigenvalue weighted by molar-refractivity contribution is 6.06. The molecule has 358 valence electrons. The molecule has 0 N–H and O–H groups in total. The van der Waals surface area contributed by atoms with Gasteiger partial charge in [-0.25, -0.2) is 18.9 Å². The molecule has 4 aliphatic heterocycles. The van der Waals surface area contributed by atoms with Gasteiger partial charge >= 0.3 is 12.1 Å². The maximum absolute atomic E-state index is 16.7. The molecule has 7 heterocycles. The Morgan fingerprint density at radius 2 is 1.71 bits per heavy atom. The Hall–Kier alpha value is -5.87. The highest BCUT2D eigenvalue weighted by atomic mass is 19.1. The fraction of sp³-hybridized carbons (Fsp3) is 0.538. The molecule has 11 rings (SSSR count). The van der Waals surface area contributed by atoms with Crippen LogP contribution in [0.5, 0.6) is 11.8 Å². The van der Waals surface area contributed by atoms with Gasteiger partial charge in [0.15, 0.2) is 17.8 Å². The number of hydrogen-bond acceptors (Lipinski definition) is 12. The molecule has 1 saturated carbocycles. The number of likely N-dealkylation sites (tertiary alicyclic amines) is 1. The third-order valence-electron chi connectivity index (χ3n) is 14.3. The Morgan fingerprint density at radius 3 is 2.40 bits per heavy atom. The van der Waals surface area contributed by atoms with E-state index < -0.39 is 5.60 Å². The molecule has 3 aromatic heterocycles. The first-order valence-electron chi connectivity index (χ1n) is 24.7. The quantitative estimate of drug-likeness (QED) is 0.115. The average molecular weight is 928 g/mol. The van der Waals surface area contributed by atoms with Gasteiger partial charge in [0.2, 0.25) is 0 Å². The number of fused-ring (bicyclic) bond motifs is 4. The second-order valence-corrected chi connectivity index (χ2v) is 20.3. The predicted molar refractivity (Wildman–Crippen MR) is 255 cm³/mol. The van der Waals surface area contributed by atoms with E-state index in [0.29, 0.717) is 74.5 Å². The first kappa shape index (κ1) is 44.6. The zero-order chi connectivity index (χ0) is 46.8. The third kappa shape index (κ3) is 8.62. The van der Waals surface area contributed by atoms with Crippen molar-refractivity contribution in [1.29, 1.82) is 0 Å². The summed E-state index contributed by atoms with van der Waals surface area (Å²) in [5, 5.41) is 11.2. The predicted octanol–water partition coefficient (Wildman–Crippen LogP) is 9.29. The van der Waals surface area contributed by atoms with Gasteiger partial charge in [-0.05, 0) is 100 Å². The summed E-state index contributed by atoms with van der Waals surface area (Å²) in [5.41, 5.74) is 5.87. The number of piperazine rings is 1. The SMILES string of the molecule is CCc1nc(Cc2ccc(COc3c(-c4c(C)c(F)cc5c4cnn5C4CCCCO4)c(C4CC4)cc4c(N5C[C@@H]6C[C@H]5CN6C(=O)OC(C)(C)C)nc(OC5CCOCC5)nc34)cc2)nn1C. The van der Waals surface area contributed by atoms with Gasteiger partial charge in [0.05, 0.1) is 37.0 Å². The molecule has 4 saturated heterocycles. The molecule has 3 aromatic carbocycles. The summed E-state index contributed by atoms with van der Waals surface area (Å²) in [6, 6.07) is 12.4. The zero-order valence-electron chi connectivity index (χ0n) is 40.1. The van der Waals surface area contributed by atoms with Crippen molar-refractivity contribution in [2.45, 2.75) is 141 Å². The molecule has 15 nitrogen and oxygen atoms in total. The number of hydrogen-bond donors (Lipinski definition) is 0. The number of ether oxygens (including phenoxy) is 5. The van der Waals surface area contributed by atoms with Crippen molar-refractivity contribution in [3.05, 3.63) is 82.3 Å². The van der Waals surface area contributed by atoms with Crippen LogP contribution < -0.4 is 14.4 Å². The van der Waals surface area contributed by atoms with Crippen molar-refractivity contribution in [2.75, 3.05) is 37.8 Å². The van der Waals surface area contributed by atoms with Crippen LogP contribution in [0.3, 0.4) is 0 Å². The van der Waals surface area contributed by atoms with E-state index in [2.05, 4.69) is 47.3 Å². The van der Waals surface area contributed by atoms with Crippen molar-refractivity contribution >= 4 is 33.7 Å². The molecule has 1 unspecified atom stereocenters. The first-order chi connectivity index (χ1) is 32.9. The highest BCUT2D eigenvalue weighted by Crippen LogP contribution is 2.54. The lowest BCUT2D eigenvalue weighted by molar-refractivity contribution is -0.0366. The van der Waals surface area contributed by atoms with Crippen LogP contribution in [0, 0.1) is 12.7 Å². The Balaban J connectivity index is 1.06. The fourth-order valence-electron chi connectivity index (χ4n) is 10.7. The van der Waals surface area contributed by atoms with Gasteiger partial charge in [0.25, 0.3) is 0 Å². The molecule has 6 aromatic rings. The largest absolute Gasteiger partial charge is 0.486 e. The summed E-state index contributed by atoms with van der Waals surface area (Å²) in [6.45, 7) is 12.8. The van der Waals surface area contributed by atoms with E-state index in [9.17, 15) is 4.79 Å². The van der Waals surface area contributed by atoms with Gasteiger partial charge in [-0.15, -0.1) is 0 Å². The van der Waals surface area contributed by atoms with Crippen LogP contribution in [0.2, 0.25) is 0 Å². The van der Waals surface area contributed by atoms with Crippen LogP contribution in [0.25, 0.3) is 32.9 Å². The summed E-state index contributed by atoms with van der Waals surface area (Å²) in [5.74, 6) is 2.92. The highest BCUT2D eigenvalue weighted by Gasteiger charge is 2.48. The topological polar surface area (TPSA) is 144 Å². The standard InChI is InChI=1S/C52H62FN9O6/c1-7-43-55-42(58-59(43)6)22-31-11-13-32(14-12-31)29-66-48-46(45-30(2)40(53)25-41-39(45)26-54-62(41)44-10-8-9-19-65-44)37(33-15-16-33)24-38-47(48)56-50(67-36-17-20-64-21-18-36)57-49(38)60-27-35-23-34(60)28-61(35)51(63)68-52(3,4)5/h11-14,24-26,33-36,44H,7-10,15-23,27-29H2,1-6H3/t34-,35-,44?/m0/s1. The molecule has 16 heteroatoms. The van der Waals surface area contributed by atoms with E-state index >= 15 is 4.39 Å². The Kier molecular flexibility index (Phi) is 11.7. The van der Waals surface area contributed by atoms with E-state index in [1.807, 2.05) is 55.2 Å². The normalized spacial score (nSPS) is 21.1. The van der Waals surface area contributed by atoms with E-state index in [1.165, 1.54) is 0 Å². The number of benzene rings is 3. The van der Waals surface area contributed by atoms with Crippen molar-refractivity contribution < 1.29 is 32.9 Å². The third-order valence-corrected chi connectivity index (χ3v) is 14.3. The van der Waals surface area contributed by atoms with E-state index in [4.69, 9.17) is 43.7 Å². The molecule has 1 amide bonds.